The van der Waals surface area contributed by atoms with Gasteiger partial charge >= 0.3 is 0 Å². The van der Waals surface area contributed by atoms with Crippen molar-refractivity contribution in [2.75, 3.05) is 20.1 Å². The number of nitrogens with one attached hydrogen (secondary N) is 1. The van der Waals surface area contributed by atoms with Gasteiger partial charge in [-0.15, -0.1) is 12.4 Å². The molecule has 1 aromatic rings. The maximum Gasteiger partial charge on any atom is 0.227 e. The van der Waals surface area contributed by atoms with Crippen LogP contribution in [0.25, 0.3) is 0 Å². The van der Waals surface area contributed by atoms with E-state index >= 15 is 0 Å². The third-order valence-corrected chi connectivity index (χ3v) is 3.32. The molecular formula is C13H17ClF2N2O. The molecule has 1 atom stereocenters. The van der Waals surface area contributed by atoms with Crippen LogP contribution in [0.1, 0.15) is 12.0 Å². The van der Waals surface area contributed by atoms with E-state index in [1.165, 1.54) is 0 Å². The number of amides is 1. The summed E-state index contributed by atoms with van der Waals surface area (Å²) in [7, 11) is 1.71. The Morgan fingerprint density at radius 2 is 2.21 bits per heavy atom. The number of hydrogen-bond acceptors (Lipinski definition) is 2. The third-order valence-electron chi connectivity index (χ3n) is 3.32. The molecule has 0 radical (unpaired) electrons. The summed E-state index contributed by atoms with van der Waals surface area (Å²) in [5.74, 6) is -1.25. The Kier molecular flexibility index (Phi) is 5.69. The lowest BCUT2D eigenvalue weighted by atomic mass is 10.1. The van der Waals surface area contributed by atoms with Crippen molar-refractivity contribution in [2.24, 2.45) is 0 Å². The zero-order valence-corrected chi connectivity index (χ0v) is 11.5. The average molecular weight is 291 g/mol. The first-order valence-corrected chi connectivity index (χ1v) is 5.98. The van der Waals surface area contributed by atoms with Crippen molar-refractivity contribution < 1.29 is 13.6 Å². The van der Waals surface area contributed by atoms with Crippen LogP contribution in [0.2, 0.25) is 0 Å². The molecule has 106 valence electrons. The summed E-state index contributed by atoms with van der Waals surface area (Å²) in [6, 6.07) is 3.32. The summed E-state index contributed by atoms with van der Waals surface area (Å²) >= 11 is 0. The van der Waals surface area contributed by atoms with E-state index in [1.807, 2.05) is 0 Å². The number of carbonyl (C=O) groups excluding carboxylic acids is 1. The molecule has 0 aromatic heterocycles. The SMILES string of the molecule is CN(C(=O)Cc1cc(F)ccc1F)C1CCNC1.Cl. The smallest absolute Gasteiger partial charge is 0.227 e. The maximum atomic E-state index is 13.4. The number of hydrogen-bond donors (Lipinski definition) is 1. The second kappa shape index (κ2) is 6.82. The van der Waals surface area contributed by atoms with Gasteiger partial charge in [-0.05, 0) is 31.2 Å². The fourth-order valence-electron chi connectivity index (χ4n) is 2.14. The standard InChI is InChI=1S/C13H16F2N2O.ClH/c1-17(11-4-5-16-8-11)13(18)7-9-6-10(14)2-3-12(9)15;/h2-3,6,11,16H,4-5,7-8H2,1H3;1H. The van der Waals surface area contributed by atoms with Crippen molar-refractivity contribution in [3.05, 3.63) is 35.4 Å². The van der Waals surface area contributed by atoms with Crippen molar-refractivity contribution in [1.29, 1.82) is 0 Å². The Hall–Kier alpha value is -1.20. The minimum atomic E-state index is -0.539. The fourth-order valence-corrected chi connectivity index (χ4v) is 2.14. The van der Waals surface area contributed by atoms with Gasteiger partial charge in [0.2, 0.25) is 5.91 Å². The first kappa shape index (κ1) is 15.9. The lowest BCUT2D eigenvalue weighted by molar-refractivity contribution is -0.130. The number of benzene rings is 1. The highest BCUT2D eigenvalue weighted by molar-refractivity contribution is 5.85. The molecule has 1 fully saturated rings. The van der Waals surface area contributed by atoms with E-state index in [2.05, 4.69) is 5.32 Å². The normalized spacial score (nSPS) is 17.9. The molecule has 1 aliphatic rings. The van der Waals surface area contributed by atoms with Crippen LogP contribution in [0.4, 0.5) is 8.78 Å². The van der Waals surface area contributed by atoms with E-state index in [1.54, 1.807) is 11.9 Å². The molecule has 0 saturated carbocycles. The number of likely N-dealkylation sites (N-methyl/N-ethyl adjacent to an activating group) is 1. The lowest BCUT2D eigenvalue weighted by Crippen LogP contribution is -2.39. The maximum absolute atomic E-state index is 13.4. The molecule has 1 amide bonds. The Balaban J connectivity index is 0.00000180. The quantitative estimate of drug-likeness (QED) is 0.920. The van der Waals surface area contributed by atoms with Crippen LogP contribution in [0.5, 0.6) is 0 Å². The molecule has 3 nitrogen and oxygen atoms in total. The van der Waals surface area contributed by atoms with E-state index in [0.29, 0.717) is 0 Å². The highest BCUT2D eigenvalue weighted by Gasteiger charge is 2.23. The molecule has 0 spiro atoms. The topological polar surface area (TPSA) is 32.3 Å². The van der Waals surface area contributed by atoms with Crippen LogP contribution < -0.4 is 5.32 Å². The Morgan fingerprint density at radius 3 is 2.84 bits per heavy atom. The number of nitrogens with zero attached hydrogens (tertiary/aromatic N) is 1. The second-order valence-corrected chi connectivity index (χ2v) is 4.56. The molecule has 1 aromatic carbocycles. The van der Waals surface area contributed by atoms with Gasteiger partial charge in [0.05, 0.1) is 6.42 Å². The zero-order valence-electron chi connectivity index (χ0n) is 10.7. The molecule has 0 bridgehead atoms. The summed E-state index contributed by atoms with van der Waals surface area (Å²) < 4.78 is 26.4. The van der Waals surface area contributed by atoms with Gasteiger partial charge in [-0.3, -0.25) is 4.79 Å². The summed E-state index contributed by atoms with van der Waals surface area (Å²) in [4.78, 5) is 13.6. The van der Waals surface area contributed by atoms with Crippen molar-refractivity contribution >= 4 is 18.3 Å². The first-order valence-electron chi connectivity index (χ1n) is 5.98. The van der Waals surface area contributed by atoms with Crippen LogP contribution in [0.15, 0.2) is 18.2 Å². The van der Waals surface area contributed by atoms with E-state index in [0.717, 1.165) is 37.7 Å². The van der Waals surface area contributed by atoms with Gasteiger partial charge in [0.25, 0.3) is 0 Å². The van der Waals surface area contributed by atoms with Crippen molar-refractivity contribution in [3.63, 3.8) is 0 Å². The highest BCUT2D eigenvalue weighted by atomic mass is 35.5. The minimum Gasteiger partial charge on any atom is -0.341 e. The van der Waals surface area contributed by atoms with Crippen LogP contribution in [0, 0.1) is 11.6 Å². The van der Waals surface area contributed by atoms with E-state index in [4.69, 9.17) is 0 Å². The van der Waals surface area contributed by atoms with Crippen LogP contribution in [0.3, 0.4) is 0 Å². The molecule has 2 rings (SSSR count). The Labute approximate surface area is 117 Å². The van der Waals surface area contributed by atoms with Crippen molar-refractivity contribution in [2.45, 2.75) is 18.9 Å². The van der Waals surface area contributed by atoms with Crippen molar-refractivity contribution in [1.82, 2.24) is 10.2 Å². The largest absolute Gasteiger partial charge is 0.341 e. The first-order chi connectivity index (χ1) is 8.58. The number of halogens is 3. The summed E-state index contributed by atoms with van der Waals surface area (Å²) in [6.45, 7) is 1.64. The average Bonchev–Trinajstić information content (AvgIpc) is 2.86. The van der Waals surface area contributed by atoms with Crippen LogP contribution in [-0.4, -0.2) is 37.0 Å². The van der Waals surface area contributed by atoms with E-state index < -0.39 is 11.6 Å². The monoisotopic (exact) mass is 290 g/mol. The molecule has 0 aliphatic carbocycles. The molecule has 1 heterocycles. The van der Waals surface area contributed by atoms with Gasteiger partial charge in [-0.2, -0.15) is 0 Å². The fraction of sp³-hybridized carbons (Fsp3) is 0.462. The number of rotatable bonds is 3. The van der Waals surface area contributed by atoms with Crippen LogP contribution >= 0.6 is 12.4 Å². The summed E-state index contributed by atoms with van der Waals surface area (Å²) in [5.41, 5.74) is 0.109. The van der Waals surface area contributed by atoms with E-state index in [9.17, 15) is 13.6 Å². The predicted octanol–water partition coefficient (Wildman–Crippen LogP) is 1.75. The second-order valence-electron chi connectivity index (χ2n) is 4.56. The van der Waals surface area contributed by atoms with Crippen LogP contribution in [-0.2, 0) is 11.2 Å². The van der Waals surface area contributed by atoms with Gasteiger partial charge < -0.3 is 10.2 Å². The molecule has 19 heavy (non-hydrogen) atoms. The number of carbonyl (C=O) groups is 1. The summed E-state index contributed by atoms with van der Waals surface area (Å²) in [6.07, 6.45) is 0.796. The van der Waals surface area contributed by atoms with Gasteiger partial charge in [0.15, 0.2) is 0 Å². The highest BCUT2D eigenvalue weighted by Crippen LogP contribution is 2.13. The molecular weight excluding hydrogens is 274 g/mol. The molecule has 1 saturated heterocycles. The van der Waals surface area contributed by atoms with Gasteiger partial charge in [-0.1, -0.05) is 0 Å². The Morgan fingerprint density at radius 1 is 1.47 bits per heavy atom. The minimum absolute atomic E-state index is 0. The molecule has 6 heteroatoms. The third kappa shape index (κ3) is 3.88. The zero-order chi connectivity index (χ0) is 13.1. The van der Waals surface area contributed by atoms with Gasteiger partial charge in [0.1, 0.15) is 11.6 Å². The lowest BCUT2D eigenvalue weighted by Gasteiger charge is -2.23. The Bertz CT molecular complexity index is 450. The molecule has 1 aliphatic heterocycles. The summed E-state index contributed by atoms with van der Waals surface area (Å²) in [5, 5.41) is 3.16. The van der Waals surface area contributed by atoms with Gasteiger partial charge in [-0.25, -0.2) is 8.78 Å². The molecule has 1 N–H and O–H groups in total. The van der Waals surface area contributed by atoms with Crippen molar-refractivity contribution in [3.8, 4) is 0 Å². The molecule has 1 unspecified atom stereocenters. The van der Waals surface area contributed by atoms with Gasteiger partial charge in [0, 0.05) is 25.2 Å². The van der Waals surface area contributed by atoms with E-state index in [-0.39, 0.29) is 36.3 Å². The predicted molar refractivity (Wildman–Crippen MR) is 71.4 cm³/mol.